The van der Waals surface area contributed by atoms with Gasteiger partial charge in [0, 0.05) is 18.7 Å². The van der Waals surface area contributed by atoms with E-state index in [9.17, 15) is 9.90 Å². The molecule has 4 nitrogen and oxygen atoms in total. The molecule has 22 heavy (non-hydrogen) atoms. The number of hydrogen-bond acceptors (Lipinski definition) is 3. The highest BCUT2D eigenvalue weighted by atomic mass is 16.5. The molecule has 3 rings (SSSR count). The first kappa shape index (κ1) is 15.3. The van der Waals surface area contributed by atoms with Crippen LogP contribution in [0.2, 0.25) is 0 Å². The summed E-state index contributed by atoms with van der Waals surface area (Å²) in [6.45, 7) is 1.18. The Morgan fingerprint density at radius 3 is 2.45 bits per heavy atom. The van der Waals surface area contributed by atoms with Gasteiger partial charge in [-0.25, -0.2) is 0 Å². The van der Waals surface area contributed by atoms with Gasteiger partial charge >= 0.3 is 0 Å². The molecule has 1 aromatic carbocycles. The number of rotatable bonds is 3. The molecule has 1 heterocycles. The van der Waals surface area contributed by atoms with Gasteiger partial charge in [-0.15, -0.1) is 0 Å². The highest BCUT2D eigenvalue weighted by Crippen LogP contribution is 2.24. The third-order valence-electron chi connectivity index (χ3n) is 4.64. The number of amides is 1. The summed E-state index contributed by atoms with van der Waals surface area (Å²) in [4.78, 5) is 14.2. The average Bonchev–Trinajstić information content (AvgIpc) is 2.56. The van der Waals surface area contributed by atoms with Crippen LogP contribution in [0, 0.1) is 0 Å². The lowest BCUT2D eigenvalue weighted by Crippen LogP contribution is -2.42. The van der Waals surface area contributed by atoms with Crippen molar-refractivity contribution in [2.75, 3.05) is 13.1 Å². The predicted octanol–water partition coefficient (Wildman–Crippen LogP) is 3.00. The van der Waals surface area contributed by atoms with Crippen molar-refractivity contribution in [1.82, 2.24) is 4.90 Å². The first-order valence-electron chi connectivity index (χ1n) is 8.46. The largest absolute Gasteiger partial charge is 0.490 e. The quantitative estimate of drug-likeness (QED) is 0.934. The van der Waals surface area contributed by atoms with Crippen molar-refractivity contribution in [2.24, 2.45) is 0 Å². The molecule has 0 aromatic heterocycles. The molecule has 120 valence electrons. The van der Waals surface area contributed by atoms with Gasteiger partial charge in [-0.2, -0.15) is 0 Å². The molecule has 1 amide bonds. The molecular formula is C18H25NO3. The Hall–Kier alpha value is -1.55. The highest BCUT2D eigenvalue weighted by Gasteiger charge is 2.23. The van der Waals surface area contributed by atoms with E-state index in [4.69, 9.17) is 4.74 Å². The van der Waals surface area contributed by atoms with Crippen molar-refractivity contribution in [3.05, 3.63) is 29.8 Å². The van der Waals surface area contributed by atoms with E-state index in [1.54, 1.807) is 4.90 Å². The van der Waals surface area contributed by atoms with Gasteiger partial charge in [-0.1, -0.05) is 6.42 Å². The van der Waals surface area contributed by atoms with E-state index >= 15 is 0 Å². The van der Waals surface area contributed by atoms with Gasteiger partial charge in [0.1, 0.15) is 5.75 Å². The first-order chi connectivity index (χ1) is 10.7. The fourth-order valence-corrected chi connectivity index (χ4v) is 3.37. The van der Waals surface area contributed by atoms with Crippen LogP contribution in [0.25, 0.3) is 0 Å². The van der Waals surface area contributed by atoms with Crippen molar-refractivity contribution in [1.29, 1.82) is 0 Å². The zero-order valence-electron chi connectivity index (χ0n) is 13.0. The summed E-state index contributed by atoms with van der Waals surface area (Å²) in [6, 6.07) is 7.45. The van der Waals surface area contributed by atoms with Gasteiger partial charge < -0.3 is 14.7 Å². The number of β-amino-alcohol motifs (C(OH)–C–C–N with tert-alkyl or cyclic N) is 1. The second-order valence-corrected chi connectivity index (χ2v) is 6.45. The molecule has 4 heteroatoms. The summed E-state index contributed by atoms with van der Waals surface area (Å²) in [5.41, 5.74) is 0.671. The lowest BCUT2D eigenvalue weighted by atomic mass is 9.98. The van der Waals surface area contributed by atoms with Crippen molar-refractivity contribution < 1.29 is 14.6 Å². The number of hydrogen-bond donors (Lipinski definition) is 1. The monoisotopic (exact) mass is 303 g/mol. The zero-order valence-corrected chi connectivity index (χ0v) is 13.0. The Balaban J connectivity index is 1.59. The maximum atomic E-state index is 12.4. The first-order valence-corrected chi connectivity index (χ1v) is 8.46. The van der Waals surface area contributed by atoms with Gasteiger partial charge in [0.15, 0.2) is 0 Å². The molecule has 1 aliphatic carbocycles. The summed E-state index contributed by atoms with van der Waals surface area (Å²) in [5.74, 6) is 0.852. The van der Waals surface area contributed by atoms with Crippen molar-refractivity contribution in [3.63, 3.8) is 0 Å². The Kier molecular flexibility index (Phi) is 4.98. The van der Waals surface area contributed by atoms with E-state index in [2.05, 4.69) is 0 Å². The van der Waals surface area contributed by atoms with Crippen LogP contribution < -0.4 is 4.74 Å². The van der Waals surface area contributed by atoms with Crippen LogP contribution in [0.1, 0.15) is 55.3 Å². The SMILES string of the molecule is O=C(c1ccc(OC2CCCCC2)cc1)N1CCC[C@H](O)C1. The van der Waals surface area contributed by atoms with Gasteiger partial charge in [0.05, 0.1) is 12.2 Å². The number of likely N-dealkylation sites (tertiary alicyclic amines) is 1. The third-order valence-corrected chi connectivity index (χ3v) is 4.64. The third kappa shape index (κ3) is 3.80. The van der Waals surface area contributed by atoms with Crippen LogP contribution in [0.15, 0.2) is 24.3 Å². The summed E-state index contributed by atoms with van der Waals surface area (Å²) in [7, 11) is 0. The number of nitrogens with zero attached hydrogens (tertiary/aromatic N) is 1. The normalized spacial score (nSPS) is 23.3. The molecule has 2 fully saturated rings. The van der Waals surface area contributed by atoms with Crippen LogP contribution in [0.5, 0.6) is 5.75 Å². The van der Waals surface area contributed by atoms with E-state index in [1.807, 2.05) is 24.3 Å². The average molecular weight is 303 g/mol. The molecule has 1 aliphatic heterocycles. The number of carbonyl (C=O) groups is 1. The number of aliphatic hydroxyl groups excluding tert-OH is 1. The fourth-order valence-electron chi connectivity index (χ4n) is 3.37. The summed E-state index contributed by atoms with van der Waals surface area (Å²) in [6.07, 6.45) is 7.68. The Bertz CT molecular complexity index is 494. The van der Waals surface area contributed by atoms with Crippen LogP contribution in [-0.4, -0.2) is 41.2 Å². The van der Waals surface area contributed by atoms with Crippen LogP contribution in [0.3, 0.4) is 0 Å². The van der Waals surface area contributed by atoms with E-state index in [1.165, 1.54) is 19.3 Å². The van der Waals surface area contributed by atoms with Gasteiger partial charge in [-0.3, -0.25) is 4.79 Å². The highest BCUT2D eigenvalue weighted by molar-refractivity contribution is 5.94. The predicted molar refractivity (Wildman–Crippen MR) is 85.1 cm³/mol. The van der Waals surface area contributed by atoms with Gasteiger partial charge in [0.25, 0.3) is 5.91 Å². The molecule has 1 atom stereocenters. The second-order valence-electron chi connectivity index (χ2n) is 6.45. The minimum Gasteiger partial charge on any atom is -0.490 e. The lowest BCUT2D eigenvalue weighted by molar-refractivity contribution is 0.0473. The standard InChI is InChI=1S/C18H25NO3/c20-15-5-4-12-19(13-15)18(21)14-8-10-17(11-9-14)22-16-6-2-1-3-7-16/h8-11,15-16,20H,1-7,12-13H2/t15-/m0/s1. The Labute approximate surface area is 132 Å². The molecular weight excluding hydrogens is 278 g/mol. The molecule has 0 unspecified atom stereocenters. The topological polar surface area (TPSA) is 49.8 Å². The van der Waals surface area contributed by atoms with E-state index in [-0.39, 0.29) is 12.0 Å². The minimum atomic E-state index is -0.383. The van der Waals surface area contributed by atoms with E-state index in [0.717, 1.165) is 38.0 Å². The number of piperidine rings is 1. The molecule has 0 bridgehead atoms. The smallest absolute Gasteiger partial charge is 0.253 e. The summed E-state index contributed by atoms with van der Waals surface area (Å²) >= 11 is 0. The zero-order chi connectivity index (χ0) is 15.4. The summed E-state index contributed by atoms with van der Waals surface area (Å²) < 4.78 is 5.99. The van der Waals surface area contributed by atoms with E-state index < -0.39 is 0 Å². The molecule has 1 saturated heterocycles. The lowest BCUT2D eigenvalue weighted by Gasteiger charge is -2.30. The molecule has 1 N–H and O–H groups in total. The molecule has 0 radical (unpaired) electrons. The second kappa shape index (κ2) is 7.14. The van der Waals surface area contributed by atoms with Gasteiger partial charge in [0.2, 0.25) is 0 Å². The molecule has 1 saturated carbocycles. The maximum absolute atomic E-state index is 12.4. The molecule has 1 aromatic rings. The Morgan fingerprint density at radius 1 is 1.05 bits per heavy atom. The van der Waals surface area contributed by atoms with E-state index in [0.29, 0.717) is 18.2 Å². The summed E-state index contributed by atoms with van der Waals surface area (Å²) in [5, 5.41) is 9.69. The van der Waals surface area contributed by atoms with Crippen molar-refractivity contribution in [2.45, 2.75) is 57.2 Å². The van der Waals surface area contributed by atoms with Crippen molar-refractivity contribution in [3.8, 4) is 5.75 Å². The Morgan fingerprint density at radius 2 is 1.77 bits per heavy atom. The molecule has 0 spiro atoms. The maximum Gasteiger partial charge on any atom is 0.253 e. The number of aliphatic hydroxyl groups is 1. The molecule has 2 aliphatic rings. The minimum absolute atomic E-state index is 0.00275. The van der Waals surface area contributed by atoms with Gasteiger partial charge in [-0.05, 0) is 62.8 Å². The number of carbonyl (C=O) groups excluding carboxylic acids is 1. The van der Waals surface area contributed by atoms with Crippen LogP contribution in [-0.2, 0) is 0 Å². The van der Waals surface area contributed by atoms with Crippen molar-refractivity contribution >= 4 is 5.91 Å². The van der Waals surface area contributed by atoms with Crippen LogP contribution >= 0.6 is 0 Å². The number of ether oxygens (including phenoxy) is 1. The fraction of sp³-hybridized carbons (Fsp3) is 0.611. The number of benzene rings is 1. The van der Waals surface area contributed by atoms with Crippen LogP contribution in [0.4, 0.5) is 0 Å².